The average molecular weight is 222 g/mol. The maximum atomic E-state index is 5.92. The lowest BCUT2D eigenvalue weighted by Crippen LogP contribution is -2.03. The van der Waals surface area contributed by atoms with Gasteiger partial charge in [-0.1, -0.05) is 11.6 Å². The molecule has 0 saturated heterocycles. The first-order chi connectivity index (χ1) is 5.77. The molecule has 0 fully saturated rings. The number of benzene rings is 1. The molecule has 0 radical (unpaired) electrons. The maximum Gasteiger partial charge on any atom is 0.119 e. The van der Waals surface area contributed by atoms with Gasteiger partial charge >= 0.3 is 0 Å². The second kappa shape index (κ2) is 6.08. The van der Waals surface area contributed by atoms with Gasteiger partial charge in [-0.05, 0) is 36.7 Å². The van der Waals surface area contributed by atoms with Crippen molar-refractivity contribution in [3.05, 3.63) is 28.8 Å². The van der Waals surface area contributed by atoms with Crippen LogP contribution in [0.1, 0.15) is 5.56 Å². The molecule has 1 aromatic carbocycles. The third kappa shape index (κ3) is 3.43. The largest absolute Gasteiger partial charge is 0.497 e. The number of methoxy groups -OCH3 is 1. The monoisotopic (exact) mass is 221 g/mol. The number of hydrogen-bond donors (Lipinski definition) is 1. The van der Waals surface area contributed by atoms with Gasteiger partial charge in [0, 0.05) is 5.02 Å². The lowest BCUT2D eigenvalue weighted by Gasteiger charge is -2.05. The van der Waals surface area contributed by atoms with Crippen LogP contribution in [0.2, 0.25) is 5.02 Å². The lowest BCUT2D eigenvalue weighted by molar-refractivity contribution is 0.414. The van der Waals surface area contributed by atoms with Crippen LogP contribution in [-0.2, 0) is 6.42 Å². The van der Waals surface area contributed by atoms with E-state index in [2.05, 4.69) is 0 Å². The highest BCUT2D eigenvalue weighted by Crippen LogP contribution is 2.21. The second-order valence-corrected chi connectivity index (χ2v) is 2.90. The number of nitrogens with two attached hydrogens (primary N) is 1. The fourth-order valence-electron chi connectivity index (χ4n) is 1.03. The summed E-state index contributed by atoms with van der Waals surface area (Å²) in [5, 5.41) is 0.751. The Morgan fingerprint density at radius 3 is 2.69 bits per heavy atom. The summed E-state index contributed by atoms with van der Waals surface area (Å²) in [5.41, 5.74) is 6.46. The molecule has 0 spiro atoms. The Balaban J connectivity index is 0.00000144. The minimum Gasteiger partial charge on any atom is -0.497 e. The van der Waals surface area contributed by atoms with Crippen molar-refractivity contribution >= 4 is 24.0 Å². The van der Waals surface area contributed by atoms with E-state index in [-0.39, 0.29) is 12.4 Å². The van der Waals surface area contributed by atoms with Gasteiger partial charge in [-0.25, -0.2) is 0 Å². The van der Waals surface area contributed by atoms with E-state index in [1.807, 2.05) is 18.2 Å². The summed E-state index contributed by atoms with van der Waals surface area (Å²) in [7, 11) is 1.63. The predicted molar refractivity (Wildman–Crippen MR) is 58.0 cm³/mol. The Bertz CT molecular complexity index is 266. The standard InChI is InChI=1S/C9H12ClNO.ClH/c1-12-8-2-3-9(10)7(6-8)4-5-11;/h2-3,6H,4-5,11H2,1H3;1H. The molecule has 0 aliphatic heterocycles. The van der Waals surface area contributed by atoms with Gasteiger partial charge in [-0.3, -0.25) is 0 Å². The molecule has 74 valence electrons. The summed E-state index contributed by atoms with van der Waals surface area (Å²) in [6.07, 6.45) is 0.788. The molecule has 4 heteroatoms. The Kier molecular flexibility index (Phi) is 5.88. The lowest BCUT2D eigenvalue weighted by atomic mass is 10.1. The SMILES string of the molecule is COc1ccc(Cl)c(CCN)c1.Cl. The van der Waals surface area contributed by atoms with Crippen LogP contribution in [-0.4, -0.2) is 13.7 Å². The summed E-state index contributed by atoms with van der Waals surface area (Å²) in [6, 6.07) is 5.57. The molecule has 2 N–H and O–H groups in total. The van der Waals surface area contributed by atoms with Crippen LogP contribution in [0.5, 0.6) is 5.75 Å². The molecule has 2 nitrogen and oxygen atoms in total. The minimum absolute atomic E-state index is 0. The van der Waals surface area contributed by atoms with Crippen molar-refractivity contribution in [2.45, 2.75) is 6.42 Å². The van der Waals surface area contributed by atoms with Crippen molar-refractivity contribution < 1.29 is 4.74 Å². The van der Waals surface area contributed by atoms with Gasteiger partial charge in [-0.15, -0.1) is 12.4 Å². The van der Waals surface area contributed by atoms with Gasteiger partial charge in [0.05, 0.1) is 7.11 Å². The smallest absolute Gasteiger partial charge is 0.119 e. The topological polar surface area (TPSA) is 35.2 Å². The number of ether oxygens (including phenoxy) is 1. The Labute approximate surface area is 89.4 Å². The van der Waals surface area contributed by atoms with Gasteiger partial charge in [0.25, 0.3) is 0 Å². The number of hydrogen-bond acceptors (Lipinski definition) is 2. The van der Waals surface area contributed by atoms with E-state index in [1.165, 1.54) is 0 Å². The van der Waals surface area contributed by atoms with Crippen LogP contribution < -0.4 is 10.5 Å². The normalized spacial score (nSPS) is 9.15. The summed E-state index contributed by atoms with van der Waals surface area (Å²) in [4.78, 5) is 0. The van der Waals surface area contributed by atoms with Gasteiger partial charge < -0.3 is 10.5 Å². The number of halogens is 2. The van der Waals surface area contributed by atoms with Crippen molar-refractivity contribution in [2.24, 2.45) is 5.73 Å². The van der Waals surface area contributed by atoms with E-state index in [0.29, 0.717) is 6.54 Å². The van der Waals surface area contributed by atoms with E-state index >= 15 is 0 Å². The minimum atomic E-state index is 0. The van der Waals surface area contributed by atoms with Crippen LogP contribution in [0.15, 0.2) is 18.2 Å². The molecule has 0 aromatic heterocycles. The molecule has 0 amide bonds. The van der Waals surface area contributed by atoms with E-state index in [0.717, 1.165) is 22.8 Å². The summed E-state index contributed by atoms with van der Waals surface area (Å²) < 4.78 is 5.06. The highest BCUT2D eigenvalue weighted by Gasteiger charge is 2.00. The van der Waals surface area contributed by atoms with E-state index in [9.17, 15) is 0 Å². The fourth-order valence-corrected chi connectivity index (χ4v) is 1.24. The van der Waals surface area contributed by atoms with E-state index in [1.54, 1.807) is 7.11 Å². The van der Waals surface area contributed by atoms with Crippen molar-refractivity contribution in [2.75, 3.05) is 13.7 Å². The second-order valence-electron chi connectivity index (χ2n) is 2.50. The van der Waals surface area contributed by atoms with Gasteiger partial charge in [-0.2, -0.15) is 0 Å². The first-order valence-corrected chi connectivity index (χ1v) is 4.18. The summed E-state index contributed by atoms with van der Waals surface area (Å²) in [6.45, 7) is 0.604. The van der Waals surface area contributed by atoms with Gasteiger partial charge in [0.1, 0.15) is 5.75 Å². The average Bonchev–Trinajstić information content (AvgIpc) is 2.09. The van der Waals surface area contributed by atoms with Crippen LogP contribution in [0, 0.1) is 0 Å². The molecule has 0 unspecified atom stereocenters. The zero-order valence-electron chi connectivity index (χ0n) is 7.42. The Morgan fingerprint density at radius 1 is 1.46 bits per heavy atom. The molecule has 1 rings (SSSR count). The quantitative estimate of drug-likeness (QED) is 0.851. The first kappa shape index (κ1) is 12.6. The molecule has 0 heterocycles. The Morgan fingerprint density at radius 2 is 2.15 bits per heavy atom. The third-order valence-corrected chi connectivity index (χ3v) is 2.04. The molecule has 0 bridgehead atoms. The van der Waals surface area contributed by atoms with E-state index < -0.39 is 0 Å². The molecule has 0 aliphatic carbocycles. The molecular formula is C9H13Cl2NO. The zero-order valence-corrected chi connectivity index (χ0v) is 8.99. The molecule has 0 aliphatic rings. The van der Waals surface area contributed by atoms with Gasteiger partial charge in [0.15, 0.2) is 0 Å². The third-order valence-electron chi connectivity index (χ3n) is 1.67. The molecular weight excluding hydrogens is 209 g/mol. The van der Waals surface area contributed by atoms with Crippen LogP contribution >= 0.6 is 24.0 Å². The van der Waals surface area contributed by atoms with Crippen LogP contribution in [0.25, 0.3) is 0 Å². The highest BCUT2D eigenvalue weighted by atomic mass is 35.5. The van der Waals surface area contributed by atoms with Crippen molar-refractivity contribution in [3.8, 4) is 5.75 Å². The fraction of sp³-hybridized carbons (Fsp3) is 0.333. The molecule has 0 atom stereocenters. The van der Waals surface area contributed by atoms with Crippen LogP contribution in [0.3, 0.4) is 0 Å². The van der Waals surface area contributed by atoms with Gasteiger partial charge in [0.2, 0.25) is 0 Å². The van der Waals surface area contributed by atoms with E-state index in [4.69, 9.17) is 22.1 Å². The molecule has 1 aromatic rings. The Hall–Kier alpha value is -0.440. The number of rotatable bonds is 3. The summed E-state index contributed by atoms with van der Waals surface area (Å²) >= 11 is 5.92. The first-order valence-electron chi connectivity index (χ1n) is 3.80. The maximum absolute atomic E-state index is 5.92. The van der Waals surface area contributed by atoms with Crippen molar-refractivity contribution in [1.82, 2.24) is 0 Å². The van der Waals surface area contributed by atoms with Crippen molar-refractivity contribution in [3.63, 3.8) is 0 Å². The predicted octanol–water partition coefficient (Wildman–Crippen LogP) is 2.27. The van der Waals surface area contributed by atoms with Crippen LogP contribution in [0.4, 0.5) is 0 Å². The molecule has 13 heavy (non-hydrogen) atoms. The highest BCUT2D eigenvalue weighted by molar-refractivity contribution is 6.31. The summed E-state index contributed by atoms with van der Waals surface area (Å²) in [5.74, 6) is 0.822. The molecule has 0 saturated carbocycles. The van der Waals surface area contributed by atoms with Crippen molar-refractivity contribution in [1.29, 1.82) is 0 Å². The zero-order chi connectivity index (χ0) is 8.97.